The number of fused-ring (bicyclic) bond motifs is 1. The SMILES string of the molecule is Cn1cc(CC(=O)N2CCOCC2)c2ccccc21. The summed E-state index contributed by atoms with van der Waals surface area (Å²) < 4.78 is 7.36. The number of amides is 1. The number of nitrogens with zero attached hydrogens (tertiary/aromatic N) is 2. The van der Waals surface area contributed by atoms with Gasteiger partial charge in [-0.2, -0.15) is 0 Å². The molecular weight excluding hydrogens is 240 g/mol. The Labute approximate surface area is 112 Å². The minimum Gasteiger partial charge on any atom is -0.378 e. The van der Waals surface area contributed by atoms with E-state index in [1.807, 2.05) is 24.1 Å². The van der Waals surface area contributed by atoms with Crippen molar-refractivity contribution >= 4 is 16.8 Å². The highest BCUT2D eigenvalue weighted by molar-refractivity contribution is 5.89. The minimum absolute atomic E-state index is 0.194. The Bertz CT molecular complexity index is 597. The molecule has 4 nitrogen and oxygen atoms in total. The number of carbonyl (C=O) groups excluding carboxylic acids is 1. The van der Waals surface area contributed by atoms with Crippen LogP contribution in [0.15, 0.2) is 30.5 Å². The lowest BCUT2D eigenvalue weighted by Crippen LogP contribution is -2.41. The number of ether oxygens (including phenoxy) is 1. The standard InChI is InChI=1S/C15H18N2O2/c1-16-11-12(13-4-2-3-5-14(13)16)10-15(18)17-6-8-19-9-7-17/h2-5,11H,6-10H2,1H3. The molecule has 1 fully saturated rings. The fourth-order valence-electron chi connectivity index (χ4n) is 2.65. The first-order valence-corrected chi connectivity index (χ1v) is 6.64. The second kappa shape index (κ2) is 5.05. The molecule has 0 atom stereocenters. The maximum atomic E-state index is 12.3. The van der Waals surface area contributed by atoms with Gasteiger partial charge in [-0.05, 0) is 11.6 Å². The van der Waals surface area contributed by atoms with Crippen LogP contribution in [-0.2, 0) is 23.0 Å². The van der Waals surface area contributed by atoms with E-state index >= 15 is 0 Å². The number of para-hydroxylation sites is 1. The number of carbonyl (C=O) groups is 1. The Morgan fingerprint density at radius 3 is 2.79 bits per heavy atom. The predicted molar refractivity (Wildman–Crippen MR) is 74.0 cm³/mol. The quantitative estimate of drug-likeness (QED) is 0.819. The van der Waals surface area contributed by atoms with Crippen LogP contribution in [0.3, 0.4) is 0 Å². The summed E-state index contributed by atoms with van der Waals surface area (Å²) in [5.41, 5.74) is 2.28. The molecule has 1 amide bonds. The van der Waals surface area contributed by atoms with Crippen LogP contribution in [-0.4, -0.2) is 41.7 Å². The molecule has 1 saturated heterocycles. The van der Waals surface area contributed by atoms with Crippen molar-refractivity contribution in [1.82, 2.24) is 9.47 Å². The minimum atomic E-state index is 0.194. The summed E-state index contributed by atoms with van der Waals surface area (Å²) in [5.74, 6) is 0.194. The Morgan fingerprint density at radius 2 is 2.00 bits per heavy atom. The first-order chi connectivity index (χ1) is 9.25. The van der Waals surface area contributed by atoms with E-state index in [0.717, 1.165) is 5.56 Å². The third-order valence-corrected chi connectivity index (χ3v) is 3.68. The fraction of sp³-hybridized carbons (Fsp3) is 0.400. The summed E-state index contributed by atoms with van der Waals surface area (Å²) in [5, 5.41) is 1.17. The van der Waals surface area contributed by atoms with Gasteiger partial charge in [-0.25, -0.2) is 0 Å². The maximum absolute atomic E-state index is 12.3. The third-order valence-electron chi connectivity index (χ3n) is 3.68. The van der Waals surface area contributed by atoms with Crippen molar-refractivity contribution in [2.75, 3.05) is 26.3 Å². The second-order valence-electron chi connectivity index (χ2n) is 4.95. The molecule has 4 heteroatoms. The van der Waals surface area contributed by atoms with Crippen LogP contribution in [0.4, 0.5) is 0 Å². The van der Waals surface area contributed by atoms with Crippen LogP contribution in [0, 0.1) is 0 Å². The number of aromatic nitrogens is 1. The Balaban J connectivity index is 1.83. The molecule has 19 heavy (non-hydrogen) atoms. The molecular formula is C15H18N2O2. The number of aryl methyl sites for hydroxylation is 1. The van der Waals surface area contributed by atoms with Crippen molar-refractivity contribution in [3.05, 3.63) is 36.0 Å². The van der Waals surface area contributed by atoms with Gasteiger partial charge in [0.1, 0.15) is 0 Å². The van der Waals surface area contributed by atoms with Crippen molar-refractivity contribution in [1.29, 1.82) is 0 Å². The molecule has 0 unspecified atom stereocenters. The van der Waals surface area contributed by atoms with Crippen LogP contribution < -0.4 is 0 Å². The highest BCUT2D eigenvalue weighted by Crippen LogP contribution is 2.21. The number of rotatable bonds is 2. The van der Waals surface area contributed by atoms with Gasteiger partial charge < -0.3 is 14.2 Å². The van der Waals surface area contributed by atoms with Crippen molar-refractivity contribution in [2.24, 2.45) is 7.05 Å². The van der Waals surface area contributed by atoms with Gasteiger partial charge in [-0.3, -0.25) is 4.79 Å². The molecule has 2 aromatic rings. The Morgan fingerprint density at radius 1 is 1.26 bits per heavy atom. The summed E-state index contributed by atoms with van der Waals surface area (Å²) in [6, 6.07) is 8.20. The average Bonchev–Trinajstić information content (AvgIpc) is 2.77. The van der Waals surface area contributed by atoms with E-state index in [-0.39, 0.29) is 5.91 Å². The molecule has 0 N–H and O–H groups in total. The molecule has 2 heterocycles. The summed E-state index contributed by atoms with van der Waals surface area (Å²) in [6.07, 6.45) is 2.53. The topological polar surface area (TPSA) is 34.5 Å². The van der Waals surface area contributed by atoms with Gasteiger partial charge in [0.25, 0.3) is 0 Å². The largest absolute Gasteiger partial charge is 0.378 e. The van der Waals surface area contributed by atoms with Crippen LogP contribution in [0.5, 0.6) is 0 Å². The Kier molecular flexibility index (Phi) is 3.25. The van der Waals surface area contributed by atoms with Gasteiger partial charge in [0.2, 0.25) is 5.91 Å². The van der Waals surface area contributed by atoms with Gasteiger partial charge in [0.15, 0.2) is 0 Å². The van der Waals surface area contributed by atoms with Crippen molar-refractivity contribution in [3.63, 3.8) is 0 Å². The van der Waals surface area contributed by atoms with Crippen LogP contribution in [0.1, 0.15) is 5.56 Å². The average molecular weight is 258 g/mol. The number of hydrogen-bond donors (Lipinski definition) is 0. The molecule has 1 aliphatic heterocycles. The third kappa shape index (κ3) is 2.36. The zero-order valence-electron chi connectivity index (χ0n) is 11.1. The number of morpholine rings is 1. The summed E-state index contributed by atoms with van der Waals surface area (Å²) in [6.45, 7) is 2.73. The zero-order valence-corrected chi connectivity index (χ0v) is 11.1. The molecule has 0 bridgehead atoms. The molecule has 100 valence electrons. The molecule has 0 radical (unpaired) electrons. The first kappa shape index (κ1) is 12.2. The molecule has 1 aromatic heterocycles. The smallest absolute Gasteiger partial charge is 0.227 e. The van der Waals surface area contributed by atoms with Gasteiger partial charge in [0, 0.05) is 37.2 Å². The van der Waals surface area contributed by atoms with E-state index in [1.54, 1.807) is 0 Å². The maximum Gasteiger partial charge on any atom is 0.227 e. The monoisotopic (exact) mass is 258 g/mol. The lowest BCUT2D eigenvalue weighted by atomic mass is 10.1. The van der Waals surface area contributed by atoms with Crippen molar-refractivity contribution in [3.8, 4) is 0 Å². The number of benzene rings is 1. The summed E-state index contributed by atoms with van der Waals surface area (Å²) in [7, 11) is 2.02. The summed E-state index contributed by atoms with van der Waals surface area (Å²) >= 11 is 0. The molecule has 1 aliphatic rings. The van der Waals surface area contributed by atoms with Gasteiger partial charge >= 0.3 is 0 Å². The molecule has 0 aliphatic carbocycles. The summed E-state index contributed by atoms with van der Waals surface area (Å²) in [4.78, 5) is 14.2. The normalized spacial score (nSPS) is 15.9. The van der Waals surface area contributed by atoms with E-state index in [9.17, 15) is 4.79 Å². The van der Waals surface area contributed by atoms with E-state index in [0.29, 0.717) is 32.7 Å². The first-order valence-electron chi connectivity index (χ1n) is 6.64. The van der Waals surface area contributed by atoms with Gasteiger partial charge in [0.05, 0.1) is 19.6 Å². The van der Waals surface area contributed by atoms with Crippen LogP contribution >= 0.6 is 0 Å². The van der Waals surface area contributed by atoms with Crippen molar-refractivity contribution < 1.29 is 9.53 Å². The molecule has 0 saturated carbocycles. The van der Waals surface area contributed by atoms with Gasteiger partial charge in [-0.1, -0.05) is 18.2 Å². The molecule has 1 aromatic carbocycles. The second-order valence-corrected chi connectivity index (χ2v) is 4.95. The van der Waals surface area contributed by atoms with E-state index < -0.39 is 0 Å². The van der Waals surface area contributed by atoms with Gasteiger partial charge in [-0.15, -0.1) is 0 Å². The Hall–Kier alpha value is -1.81. The number of hydrogen-bond acceptors (Lipinski definition) is 2. The van der Waals surface area contributed by atoms with Crippen LogP contribution in [0.2, 0.25) is 0 Å². The highest BCUT2D eigenvalue weighted by Gasteiger charge is 2.18. The molecule has 3 rings (SSSR count). The fourth-order valence-corrected chi connectivity index (χ4v) is 2.65. The van der Waals surface area contributed by atoms with E-state index in [2.05, 4.69) is 22.9 Å². The van der Waals surface area contributed by atoms with Crippen LogP contribution in [0.25, 0.3) is 10.9 Å². The van der Waals surface area contributed by atoms with E-state index in [4.69, 9.17) is 4.74 Å². The molecule has 0 spiro atoms. The lowest BCUT2D eigenvalue weighted by Gasteiger charge is -2.26. The van der Waals surface area contributed by atoms with Crippen molar-refractivity contribution in [2.45, 2.75) is 6.42 Å². The lowest BCUT2D eigenvalue weighted by molar-refractivity contribution is -0.134. The predicted octanol–water partition coefficient (Wildman–Crippen LogP) is 1.58. The zero-order chi connectivity index (χ0) is 13.2. The highest BCUT2D eigenvalue weighted by atomic mass is 16.5. The van der Waals surface area contributed by atoms with E-state index in [1.165, 1.54) is 10.9 Å².